The van der Waals surface area contributed by atoms with Gasteiger partial charge >= 0.3 is 0 Å². The molecule has 1 heterocycles. The van der Waals surface area contributed by atoms with Gasteiger partial charge in [0.15, 0.2) is 0 Å². The van der Waals surface area contributed by atoms with Crippen molar-refractivity contribution in [2.45, 2.75) is 31.6 Å². The van der Waals surface area contributed by atoms with Crippen molar-refractivity contribution in [2.24, 2.45) is 24.8 Å². The number of rotatable bonds is 6. The molecule has 0 bridgehead atoms. The van der Waals surface area contributed by atoms with Crippen molar-refractivity contribution >= 4 is 39.0 Å². The van der Waals surface area contributed by atoms with E-state index in [0.717, 1.165) is 25.7 Å². The predicted molar refractivity (Wildman–Crippen MR) is 122 cm³/mol. The quantitative estimate of drug-likeness (QED) is 0.583. The van der Waals surface area contributed by atoms with E-state index < -0.39 is 21.7 Å². The number of nitrogens with zero attached hydrogens (tertiary/aromatic N) is 2. The Morgan fingerprint density at radius 3 is 2.53 bits per heavy atom. The highest BCUT2D eigenvalue weighted by Crippen LogP contribution is 2.52. The average Bonchev–Trinajstić information content (AvgIpc) is 3.34. The number of sulfonamides is 1. The molecule has 8 nitrogen and oxygen atoms in total. The molecule has 32 heavy (non-hydrogen) atoms. The number of anilines is 2. The zero-order valence-electron chi connectivity index (χ0n) is 17.9. The first kappa shape index (κ1) is 23.0. The molecule has 0 saturated heterocycles. The summed E-state index contributed by atoms with van der Waals surface area (Å²) in [5.74, 6) is 0.700. The van der Waals surface area contributed by atoms with Gasteiger partial charge in [-0.3, -0.25) is 9.48 Å². The summed E-state index contributed by atoms with van der Waals surface area (Å²) in [5, 5.41) is 7.22. The zero-order chi connectivity index (χ0) is 23.2. The first-order valence-corrected chi connectivity index (χ1v) is 12.8. The van der Waals surface area contributed by atoms with Crippen molar-refractivity contribution in [1.29, 1.82) is 0 Å². The molecular formula is C21H27ClFN5O3S. The standard InChI is InChI=1S/C21H27ClFN5O3S/c1-28-20(24)18(21(29)26-15-3-4-17(23)16(22)9-15)19(27-28)14-7-12-5-11(6-13(12)8-14)10-25-32(2,30)31/h3-4,9,11-14,25H,5-8,10,24H2,1-2H3,(H,26,29). The maximum absolute atomic E-state index is 13.4. The van der Waals surface area contributed by atoms with Gasteiger partial charge in [-0.25, -0.2) is 17.5 Å². The number of hydrogen-bond acceptors (Lipinski definition) is 5. The Bertz CT molecular complexity index is 1140. The van der Waals surface area contributed by atoms with Crippen LogP contribution in [0.15, 0.2) is 18.2 Å². The molecule has 0 radical (unpaired) electrons. The molecule has 2 aliphatic rings. The number of halogens is 2. The molecule has 4 N–H and O–H groups in total. The molecule has 2 saturated carbocycles. The van der Waals surface area contributed by atoms with Crippen molar-refractivity contribution in [3.63, 3.8) is 0 Å². The molecule has 4 rings (SSSR count). The van der Waals surface area contributed by atoms with E-state index in [4.69, 9.17) is 17.3 Å². The van der Waals surface area contributed by atoms with Crippen LogP contribution in [0.1, 0.15) is 47.7 Å². The molecular weight excluding hydrogens is 457 g/mol. The van der Waals surface area contributed by atoms with E-state index in [2.05, 4.69) is 15.1 Å². The fourth-order valence-corrected chi connectivity index (χ4v) is 5.96. The molecule has 1 aromatic heterocycles. The predicted octanol–water partition coefficient (Wildman–Crippen LogP) is 3.12. The second-order valence-corrected chi connectivity index (χ2v) is 11.2. The van der Waals surface area contributed by atoms with E-state index in [1.54, 1.807) is 7.05 Å². The number of fused-ring (bicyclic) bond motifs is 1. The smallest absolute Gasteiger partial charge is 0.261 e. The van der Waals surface area contributed by atoms with Gasteiger partial charge in [-0.15, -0.1) is 0 Å². The van der Waals surface area contributed by atoms with Crippen LogP contribution in [0, 0.1) is 23.6 Å². The molecule has 0 aliphatic heterocycles. The normalized spacial score (nSPS) is 25.1. The van der Waals surface area contributed by atoms with Crippen LogP contribution < -0.4 is 15.8 Å². The summed E-state index contributed by atoms with van der Waals surface area (Å²) in [6.45, 7) is 0.473. The van der Waals surface area contributed by atoms with Gasteiger partial charge in [0.1, 0.15) is 17.2 Å². The number of nitrogens with one attached hydrogen (secondary N) is 2. The molecule has 2 fully saturated rings. The maximum Gasteiger partial charge on any atom is 0.261 e. The fourth-order valence-electron chi connectivity index (χ4n) is 5.25. The molecule has 2 atom stereocenters. The summed E-state index contributed by atoms with van der Waals surface area (Å²) in [5.41, 5.74) is 7.58. The highest BCUT2D eigenvalue weighted by molar-refractivity contribution is 7.88. The monoisotopic (exact) mass is 483 g/mol. The lowest BCUT2D eigenvalue weighted by Crippen LogP contribution is -2.27. The van der Waals surface area contributed by atoms with Crippen LogP contribution in [0.25, 0.3) is 0 Å². The van der Waals surface area contributed by atoms with Crippen molar-refractivity contribution in [1.82, 2.24) is 14.5 Å². The number of hydrogen-bond donors (Lipinski definition) is 3. The van der Waals surface area contributed by atoms with Crippen molar-refractivity contribution < 1.29 is 17.6 Å². The number of aromatic nitrogens is 2. The number of nitrogens with two attached hydrogens (primary N) is 1. The highest BCUT2D eigenvalue weighted by atomic mass is 35.5. The van der Waals surface area contributed by atoms with Gasteiger partial charge in [0.25, 0.3) is 5.91 Å². The van der Waals surface area contributed by atoms with Gasteiger partial charge < -0.3 is 11.1 Å². The maximum atomic E-state index is 13.4. The lowest BCUT2D eigenvalue weighted by molar-refractivity contribution is 0.102. The Morgan fingerprint density at radius 1 is 1.28 bits per heavy atom. The summed E-state index contributed by atoms with van der Waals surface area (Å²) in [6, 6.07) is 3.99. The van der Waals surface area contributed by atoms with Crippen molar-refractivity contribution in [3.8, 4) is 0 Å². The van der Waals surface area contributed by atoms with E-state index in [1.165, 1.54) is 29.1 Å². The first-order chi connectivity index (χ1) is 15.0. The number of aryl methyl sites for hydroxylation is 1. The zero-order valence-corrected chi connectivity index (χ0v) is 19.5. The van der Waals surface area contributed by atoms with Crippen LogP contribution in [0.2, 0.25) is 5.02 Å². The van der Waals surface area contributed by atoms with Crippen LogP contribution in [-0.4, -0.2) is 36.9 Å². The average molecular weight is 484 g/mol. The first-order valence-electron chi connectivity index (χ1n) is 10.5. The Kier molecular flexibility index (Phi) is 6.21. The number of carbonyl (C=O) groups excluding carboxylic acids is 1. The SMILES string of the molecule is Cn1nc(C2CC3CC(CNS(C)(=O)=O)CC3C2)c(C(=O)Nc2ccc(F)c(Cl)c2)c1N. The third-order valence-corrected chi connectivity index (χ3v) is 7.64. The second-order valence-electron chi connectivity index (χ2n) is 9.00. The van der Waals surface area contributed by atoms with Crippen LogP contribution in [0.5, 0.6) is 0 Å². The summed E-state index contributed by atoms with van der Waals surface area (Å²) in [7, 11) is -1.49. The van der Waals surface area contributed by atoms with E-state index in [0.29, 0.717) is 41.2 Å². The van der Waals surface area contributed by atoms with Gasteiger partial charge in [0.2, 0.25) is 10.0 Å². The molecule has 0 spiro atoms. The summed E-state index contributed by atoms with van der Waals surface area (Å²) < 4.78 is 40.3. The van der Waals surface area contributed by atoms with Crippen LogP contribution in [0.4, 0.5) is 15.9 Å². The number of nitrogen functional groups attached to an aromatic ring is 1. The Balaban J connectivity index is 1.47. The minimum atomic E-state index is -3.19. The third-order valence-electron chi connectivity index (χ3n) is 6.66. The molecule has 11 heteroatoms. The lowest BCUT2D eigenvalue weighted by atomic mass is 9.93. The molecule has 2 unspecified atom stereocenters. The minimum absolute atomic E-state index is 0.0780. The molecule has 1 aromatic carbocycles. The summed E-state index contributed by atoms with van der Waals surface area (Å²) in [4.78, 5) is 13.1. The number of carbonyl (C=O) groups is 1. The highest BCUT2D eigenvalue weighted by Gasteiger charge is 2.44. The van der Waals surface area contributed by atoms with E-state index in [-0.39, 0.29) is 16.8 Å². The van der Waals surface area contributed by atoms with Crippen LogP contribution >= 0.6 is 11.6 Å². The Hall–Kier alpha value is -2.17. The molecule has 2 aromatic rings. The largest absolute Gasteiger partial charge is 0.383 e. The second kappa shape index (κ2) is 8.64. The third kappa shape index (κ3) is 4.77. The van der Waals surface area contributed by atoms with Gasteiger partial charge in [0.05, 0.1) is 17.0 Å². The van der Waals surface area contributed by atoms with Gasteiger partial charge in [-0.1, -0.05) is 11.6 Å². The van der Waals surface area contributed by atoms with Crippen molar-refractivity contribution in [2.75, 3.05) is 23.9 Å². The Labute approximate surface area is 191 Å². The molecule has 1 amide bonds. The van der Waals surface area contributed by atoms with E-state index in [9.17, 15) is 17.6 Å². The van der Waals surface area contributed by atoms with E-state index in [1.807, 2.05) is 0 Å². The fraction of sp³-hybridized carbons (Fsp3) is 0.524. The molecule has 174 valence electrons. The van der Waals surface area contributed by atoms with Gasteiger partial charge in [-0.05, 0) is 61.6 Å². The lowest BCUT2D eigenvalue weighted by Gasteiger charge is -2.15. The van der Waals surface area contributed by atoms with Gasteiger partial charge in [-0.2, -0.15) is 5.10 Å². The van der Waals surface area contributed by atoms with Crippen molar-refractivity contribution in [3.05, 3.63) is 40.3 Å². The number of amides is 1. The topological polar surface area (TPSA) is 119 Å². The number of benzene rings is 1. The Morgan fingerprint density at radius 2 is 1.94 bits per heavy atom. The summed E-state index contributed by atoms with van der Waals surface area (Å²) in [6.07, 6.45) is 4.87. The van der Waals surface area contributed by atoms with Crippen LogP contribution in [-0.2, 0) is 17.1 Å². The van der Waals surface area contributed by atoms with E-state index >= 15 is 0 Å². The summed E-state index contributed by atoms with van der Waals surface area (Å²) >= 11 is 5.82. The minimum Gasteiger partial charge on any atom is -0.383 e. The van der Waals surface area contributed by atoms with Crippen LogP contribution in [0.3, 0.4) is 0 Å². The van der Waals surface area contributed by atoms with Gasteiger partial charge in [0, 0.05) is 25.2 Å². The molecule has 2 aliphatic carbocycles.